The van der Waals surface area contributed by atoms with E-state index in [2.05, 4.69) is 20.4 Å². The van der Waals surface area contributed by atoms with E-state index in [0.29, 0.717) is 11.4 Å². The molecule has 9 heteroatoms. The van der Waals surface area contributed by atoms with Crippen LogP contribution in [-0.4, -0.2) is 33.5 Å². The van der Waals surface area contributed by atoms with E-state index in [1.54, 1.807) is 37.5 Å². The minimum atomic E-state index is -0.758. The van der Waals surface area contributed by atoms with Crippen molar-refractivity contribution in [3.8, 4) is 11.4 Å². The second-order valence-corrected chi connectivity index (χ2v) is 4.99. The summed E-state index contributed by atoms with van der Waals surface area (Å²) in [4.78, 5) is 31.6. The van der Waals surface area contributed by atoms with Crippen molar-refractivity contribution < 1.29 is 23.3 Å². The average molecular weight is 342 g/mol. The topological polar surface area (TPSA) is 120 Å². The standard InChI is InChI=1S/C16H14N4O5/c1-10(16-19-14(20-25-16)11-4-2-6-17-8-11)24-13(21)9-18-15(22)12-5-3-7-23-12/h2-8,10H,9H2,1H3,(H,18,22). The Balaban J connectivity index is 1.53. The van der Waals surface area contributed by atoms with Crippen molar-refractivity contribution in [2.75, 3.05) is 6.54 Å². The second-order valence-electron chi connectivity index (χ2n) is 4.99. The molecule has 0 spiro atoms. The van der Waals surface area contributed by atoms with Gasteiger partial charge in [0, 0.05) is 18.0 Å². The minimum Gasteiger partial charge on any atom is -0.459 e. The van der Waals surface area contributed by atoms with Crippen LogP contribution in [0, 0.1) is 0 Å². The van der Waals surface area contributed by atoms with Gasteiger partial charge in [-0.25, -0.2) is 0 Å². The van der Waals surface area contributed by atoms with E-state index in [1.807, 2.05) is 0 Å². The molecule has 0 fully saturated rings. The summed E-state index contributed by atoms with van der Waals surface area (Å²) in [7, 11) is 0. The van der Waals surface area contributed by atoms with Crippen LogP contribution in [0.2, 0.25) is 0 Å². The number of carbonyl (C=O) groups is 2. The number of carbonyl (C=O) groups excluding carboxylic acids is 2. The summed E-state index contributed by atoms with van der Waals surface area (Å²) in [6, 6.07) is 6.59. The average Bonchev–Trinajstić information content (AvgIpc) is 3.32. The van der Waals surface area contributed by atoms with Crippen molar-refractivity contribution in [3.05, 3.63) is 54.6 Å². The van der Waals surface area contributed by atoms with Gasteiger partial charge in [0.1, 0.15) is 6.54 Å². The summed E-state index contributed by atoms with van der Waals surface area (Å²) in [6.45, 7) is 1.28. The van der Waals surface area contributed by atoms with Gasteiger partial charge < -0.3 is 19.0 Å². The smallest absolute Gasteiger partial charge is 0.326 e. The number of aromatic nitrogens is 3. The molecule has 1 amide bonds. The number of ether oxygens (including phenoxy) is 1. The van der Waals surface area contributed by atoms with Crippen LogP contribution >= 0.6 is 0 Å². The van der Waals surface area contributed by atoms with Crippen LogP contribution in [0.15, 0.2) is 51.9 Å². The lowest BCUT2D eigenvalue weighted by Crippen LogP contribution is -2.30. The Morgan fingerprint density at radius 1 is 1.32 bits per heavy atom. The summed E-state index contributed by atoms with van der Waals surface area (Å²) in [6.07, 6.45) is 3.83. The van der Waals surface area contributed by atoms with Gasteiger partial charge in [-0.2, -0.15) is 4.98 Å². The Morgan fingerprint density at radius 3 is 2.92 bits per heavy atom. The SMILES string of the molecule is CC(OC(=O)CNC(=O)c1ccco1)c1nc(-c2cccnc2)no1. The molecule has 3 aromatic rings. The van der Waals surface area contributed by atoms with E-state index >= 15 is 0 Å². The van der Waals surface area contributed by atoms with Gasteiger partial charge in [0.05, 0.1) is 6.26 Å². The van der Waals surface area contributed by atoms with E-state index in [9.17, 15) is 9.59 Å². The lowest BCUT2D eigenvalue weighted by Gasteiger charge is -2.09. The predicted molar refractivity (Wildman–Crippen MR) is 83.1 cm³/mol. The minimum absolute atomic E-state index is 0.110. The van der Waals surface area contributed by atoms with Gasteiger partial charge >= 0.3 is 5.97 Å². The fraction of sp³-hybridized carbons (Fsp3) is 0.188. The first-order chi connectivity index (χ1) is 12.1. The molecule has 1 atom stereocenters. The number of rotatable bonds is 6. The summed E-state index contributed by atoms with van der Waals surface area (Å²) >= 11 is 0. The van der Waals surface area contributed by atoms with Crippen molar-refractivity contribution >= 4 is 11.9 Å². The quantitative estimate of drug-likeness (QED) is 0.673. The van der Waals surface area contributed by atoms with Crippen LogP contribution in [0.5, 0.6) is 0 Å². The van der Waals surface area contributed by atoms with Gasteiger partial charge in [0.15, 0.2) is 11.9 Å². The van der Waals surface area contributed by atoms with Crippen LogP contribution in [0.25, 0.3) is 11.4 Å². The molecule has 128 valence electrons. The molecule has 0 aliphatic heterocycles. The van der Waals surface area contributed by atoms with E-state index in [-0.39, 0.29) is 18.2 Å². The van der Waals surface area contributed by atoms with Crippen molar-refractivity contribution in [2.45, 2.75) is 13.0 Å². The van der Waals surface area contributed by atoms with Gasteiger partial charge in [0.25, 0.3) is 11.8 Å². The molecule has 3 aromatic heterocycles. The highest BCUT2D eigenvalue weighted by molar-refractivity contribution is 5.93. The molecule has 1 N–H and O–H groups in total. The first-order valence-electron chi connectivity index (χ1n) is 7.38. The molecular formula is C16H14N4O5. The summed E-state index contributed by atoms with van der Waals surface area (Å²) in [5.41, 5.74) is 0.682. The van der Waals surface area contributed by atoms with Gasteiger partial charge in [-0.05, 0) is 31.2 Å². The predicted octanol–water partition coefficient (Wildman–Crippen LogP) is 1.76. The number of furan rings is 1. The van der Waals surface area contributed by atoms with E-state index < -0.39 is 18.0 Å². The van der Waals surface area contributed by atoms with E-state index in [4.69, 9.17) is 13.7 Å². The van der Waals surface area contributed by atoms with Crippen LogP contribution in [0.3, 0.4) is 0 Å². The molecule has 0 saturated carbocycles. The number of amides is 1. The fourth-order valence-corrected chi connectivity index (χ4v) is 1.95. The lowest BCUT2D eigenvalue weighted by atomic mass is 10.3. The largest absolute Gasteiger partial charge is 0.459 e. The molecule has 0 aliphatic carbocycles. The molecule has 0 radical (unpaired) electrons. The van der Waals surface area contributed by atoms with E-state index in [1.165, 1.54) is 12.3 Å². The first-order valence-corrected chi connectivity index (χ1v) is 7.38. The highest BCUT2D eigenvalue weighted by atomic mass is 16.6. The molecule has 3 rings (SSSR count). The monoisotopic (exact) mass is 342 g/mol. The molecule has 0 bridgehead atoms. The van der Waals surface area contributed by atoms with E-state index in [0.717, 1.165) is 0 Å². The highest BCUT2D eigenvalue weighted by Gasteiger charge is 2.20. The van der Waals surface area contributed by atoms with Gasteiger partial charge in [0.2, 0.25) is 5.82 Å². The highest BCUT2D eigenvalue weighted by Crippen LogP contribution is 2.19. The number of nitrogens with zero attached hydrogens (tertiary/aromatic N) is 3. The molecule has 0 aromatic carbocycles. The third kappa shape index (κ3) is 4.08. The van der Waals surface area contributed by atoms with Gasteiger partial charge in [-0.15, -0.1) is 0 Å². The van der Waals surface area contributed by atoms with Crippen LogP contribution in [-0.2, 0) is 9.53 Å². The van der Waals surface area contributed by atoms with Crippen molar-refractivity contribution in [1.82, 2.24) is 20.4 Å². The molecule has 3 heterocycles. The van der Waals surface area contributed by atoms with Crippen LogP contribution in [0.1, 0.15) is 29.5 Å². The number of pyridine rings is 1. The molecular weight excluding hydrogens is 328 g/mol. The summed E-state index contributed by atoms with van der Waals surface area (Å²) < 4.78 is 15.2. The Morgan fingerprint density at radius 2 is 2.20 bits per heavy atom. The zero-order valence-electron chi connectivity index (χ0n) is 13.2. The third-order valence-electron chi connectivity index (χ3n) is 3.16. The lowest BCUT2D eigenvalue weighted by molar-refractivity contribution is -0.148. The molecule has 0 saturated heterocycles. The maximum Gasteiger partial charge on any atom is 0.326 e. The Bertz CT molecular complexity index is 845. The number of esters is 1. The molecule has 25 heavy (non-hydrogen) atoms. The second kappa shape index (κ2) is 7.39. The van der Waals surface area contributed by atoms with Crippen LogP contribution in [0.4, 0.5) is 0 Å². The number of hydrogen-bond donors (Lipinski definition) is 1. The van der Waals surface area contributed by atoms with Gasteiger partial charge in [-0.3, -0.25) is 14.6 Å². The van der Waals surface area contributed by atoms with Crippen LogP contribution < -0.4 is 5.32 Å². The third-order valence-corrected chi connectivity index (χ3v) is 3.16. The van der Waals surface area contributed by atoms with Crippen molar-refractivity contribution in [3.63, 3.8) is 0 Å². The van der Waals surface area contributed by atoms with Crippen molar-refractivity contribution in [2.24, 2.45) is 0 Å². The zero-order chi connectivity index (χ0) is 17.6. The van der Waals surface area contributed by atoms with Gasteiger partial charge in [-0.1, -0.05) is 5.16 Å². The summed E-state index contributed by atoms with van der Waals surface area (Å²) in [5.74, 6) is -0.555. The number of nitrogens with one attached hydrogen (secondary N) is 1. The first kappa shape index (κ1) is 16.4. The zero-order valence-corrected chi connectivity index (χ0v) is 13.2. The van der Waals surface area contributed by atoms with Crippen molar-refractivity contribution in [1.29, 1.82) is 0 Å². The molecule has 0 aliphatic rings. The molecule has 1 unspecified atom stereocenters. The normalized spacial score (nSPS) is 11.7. The Labute approximate surface area is 142 Å². The fourth-order valence-electron chi connectivity index (χ4n) is 1.95. The number of hydrogen-bond acceptors (Lipinski definition) is 8. The Kier molecular flexibility index (Phi) is 4.84. The maximum absolute atomic E-state index is 11.8. The molecule has 9 nitrogen and oxygen atoms in total. The Hall–Kier alpha value is -3.49. The maximum atomic E-state index is 11.8. The summed E-state index contributed by atoms with van der Waals surface area (Å²) in [5, 5.41) is 6.21.